The zero-order valence-electron chi connectivity index (χ0n) is 8.54. The first kappa shape index (κ1) is 12.5. The van der Waals surface area contributed by atoms with E-state index >= 15 is 0 Å². The summed E-state index contributed by atoms with van der Waals surface area (Å²) in [5, 5.41) is 1.44. The number of amides is 1. The first-order chi connectivity index (χ1) is 7.19. The third-order valence-electron chi connectivity index (χ3n) is 2.11. The Morgan fingerprint density at radius 1 is 1.40 bits per heavy atom. The molecule has 0 aliphatic carbocycles. The van der Waals surface area contributed by atoms with Gasteiger partial charge < -0.3 is 4.90 Å². The molecule has 0 aromatic heterocycles. The van der Waals surface area contributed by atoms with Gasteiger partial charge in [-0.25, -0.2) is 0 Å². The Morgan fingerprint density at radius 3 is 2.47 bits per heavy atom. The van der Waals surface area contributed by atoms with Gasteiger partial charge in [-0.3, -0.25) is 4.79 Å². The fourth-order valence-corrected chi connectivity index (χ4v) is 1.83. The lowest BCUT2D eigenvalue weighted by Crippen LogP contribution is -2.32. The van der Waals surface area contributed by atoms with E-state index in [0.29, 0.717) is 17.1 Å². The minimum Gasteiger partial charge on any atom is -0.338 e. The van der Waals surface area contributed by atoms with Crippen LogP contribution in [0.1, 0.15) is 17.3 Å². The van der Waals surface area contributed by atoms with Crippen LogP contribution in [0.3, 0.4) is 0 Å². The van der Waals surface area contributed by atoms with Gasteiger partial charge in [0, 0.05) is 29.0 Å². The average molecular weight is 291 g/mol. The number of rotatable bonds is 4. The third kappa shape index (κ3) is 3.50. The summed E-state index contributed by atoms with van der Waals surface area (Å²) in [6, 6.07) is 6.97. The van der Waals surface area contributed by atoms with Crippen molar-refractivity contribution < 1.29 is 4.79 Å². The molecule has 0 unspecified atom stereocenters. The zero-order chi connectivity index (χ0) is 11.3. The predicted molar refractivity (Wildman–Crippen MR) is 66.8 cm³/mol. The van der Waals surface area contributed by atoms with Crippen LogP contribution in [-0.2, 0) is 0 Å². The monoisotopic (exact) mass is 289 g/mol. The Hall–Kier alpha value is -0.540. The molecular weight excluding hydrogens is 277 g/mol. The van der Waals surface area contributed by atoms with Crippen LogP contribution in [0.5, 0.6) is 0 Å². The van der Waals surface area contributed by atoms with E-state index in [0.717, 1.165) is 11.9 Å². The molecule has 0 saturated heterocycles. The van der Waals surface area contributed by atoms with Crippen molar-refractivity contribution in [3.63, 3.8) is 0 Å². The highest BCUT2D eigenvalue weighted by Crippen LogP contribution is 2.11. The van der Waals surface area contributed by atoms with Crippen LogP contribution in [0.4, 0.5) is 0 Å². The van der Waals surface area contributed by atoms with Crippen LogP contribution in [0.25, 0.3) is 0 Å². The summed E-state index contributed by atoms with van der Waals surface area (Å²) in [5.41, 5.74) is 0.683. The van der Waals surface area contributed by atoms with Gasteiger partial charge in [0.15, 0.2) is 0 Å². The van der Waals surface area contributed by atoms with E-state index in [1.807, 2.05) is 6.92 Å². The SMILES string of the molecule is CCN(CCBr)C(=O)c1ccc(Cl)cc1. The fraction of sp³-hybridized carbons (Fsp3) is 0.364. The minimum absolute atomic E-state index is 0.0496. The smallest absolute Gasteiger partial charge is 0.253 e. The van der Waals surface area contributed by atoms with Crippen molar-refractivity contribution in [3.05, 3.63) is 34.9 Å². The zero-order valence-corrected chi connectivity index (χ0v) is 10.9. The summed E-state index contributed by atoms with van der Waals surface area (Å²) < 4.78 is 0. The molecular formula is C11H13BrClNO. The number of carbonyl (C=O) groups is 1. The maximum atomic E-state index is 11.9. The van der Waals surface area contributed by atoms with Crippen molar-refractivity contribution in [2.24, 2.45) is 0 Å². The second kappa shape index (κ2) is 6.13. The van der Waals surface area contributed by atoms with Gasteiger partial charge in [-0.15, -0.1) is 0 Å². The highest BCUT2D eigenvalue weighted by Gasteiger charge is 2.12. The number of alkyl halides is 1. The van der Waals surface area contributed by atoms with Gasteiger partial charge in [-0.2, -0.15) is 0 Å². The lowest BCUT2D eigenvalue weighted by atomic mass is 10.2. The van der Waals surface area contributed by atoms with Gasteiger partial charge in [0.05, 0.1) is 0 Å². The number of hydrogen-bond donors (Lipinski definition) is 0. The Bertz CT molecular complexity index is 326. The molecule has 0 saturated carbocycles. The quantitative estimate of drug-likeness (QED) is 0.780. The maximum absolute atomic E-state index is 11.9. The molecule has 1 aromatic carbocycles. The first-order valence-corrected chi connectivity index (χ1v) is 6.29. The highest BCUT2D eigenvalue weighted by molar-refractivity contribution is 9.09. The molecule has 1 aromatic rings. The van der Waals surface area contributed by atoms with Crippen LogP contribution in [0.2, 0.25) is 5.02 Å². The van der Waals surface area contributed by atoms with Crippen molar-refractivity contribution in [1.29, 1.82) is 0 Å². The molecule has 0 atom stereocenters. The summed E-state index contributed by atoms with van der Waals surface area (Å²) in [4.78, 5) is 13.7. The molecule has 0 N–H and O–H groups in total. The Kier molecular flexibility index (Phi) is 5.12. The Morgan fingerprint density at radius 2 is 2.00 bits per heavy atom. The number of nitrogens with zero attached hydrogens (tertiary/aromatic N) is 1. The van der Waals surface area contributed by atoms with Gasteiger partial charge in [0.25, 0.3) is 5.91 Å². The Balaban J connectivity index is 2.78. The van der Waals surface area contributed by atoms with Crippen LogP contribution < -0.4 is 0 Å². The topological polar surface area (TPSA) is 20.3 Å². The molecule has 0 aliphatic heterocycles. The highest BCUT2D eigenvalue weighted by atomic mass is 79.9. The third-order valence-corrected chi connectivity index (χ3v) is 2.72. The molecule has 0 radical (unpaired) electrons. The number of benzene rings is 1. The summed E-state index contributed by atoms with van der Waals surface area (Å²) in [6.07, 6.45) is 0. The van der Waals surface area contributed by atoms with E-state index in [1.54, 1.807) is 29.2 Å². The predicted octanol–water partition coefficient (Wildman–Crippen LogP) is 3.20. The summed E-state index contributed by atoms with van der Waals surface area (Å²) in [6.45, 7) is 3.40. The lowest BCUT2D eigenvalue weighted by Gasteiger charge is -2.19. The van der Waals surface area contributed by atoms with Gasteiger partial charge in [-0.1, -0.05) is 27.5 Å². The molecule has 0 fully saturated rings. The van der Waals surface area contributed by atoms with Gasteiger partial charge in [0.1, 0.15) is 0 Å². The molecule has 0 spiro atoms. The molecule has 4 heteroatoms. The average Bonchev–Trinajstić information content (AvgIpc) is 2.26. The fourth-order valence-electron chi connectivity index (χ4n) is 1.28. The number of halogens is 2. The largest absolute Gasteiger partial charge is 0.338 e. The lowest BCUT2D eigenvalue weighted by molar-refractivity contribution is 0.0775. The molecule has 0 bridgehead atoms. The van der Waals surface area contributed by atoms with E-state index in [9.17, 15) is 4.79 Å². The van der Waals surface area contributed by atoms with Gasteiger partial charge >= 0.3 is 0 Å². The van der Waals surface area contributed by atoms with Crippen LogP contribution in [0.15, 0.2) is 24.3 Å². The van der Waals surface area contributed by atoms with E-state index < -0.39 is 0 Å². The molecule has 82 valence electrons. The molecule has 2 nitrogen and oxygen atoms in total. The van der Waals surface area contributed by atoms with Gasteiger partial charge in [-0.05, 0) is 31.2 Å². The summed E-state index contributed by atoms with van der Waals surface area (Å²) >= 11 is 9.09. The molecule has 15 heavy (non-hydrogen) atoms. The standard InChI is InChI=1S/C11H13BrClNO/c1-2-14(8-7-12)11(15)9-3-5-10(13)6-4-9/h3-6H,2,7-8H2,1H3. The van der Waals surface area contributed by atoms with Crippen molar-refractivity contribution in [1.82, 2.24) is 4.90 Å². The van der Waals surface area contributed by atoms with E-state index in [4.69, 9.17) is 11.6 Å². The molecule has 1 rings (SSSR count). The van der Waals surface area contributed by atoms with E-state index in [2.05, 4.69) is 15.9 Å². The second-order valence-corrected chi connectivity index (χ2v) is 4.31. The van der Waals surface area contributed by atoms with Crippen LogP contribution in [-0.4, -0.2) is 29.2 Å². The molecule has 0 aliphatic rings. The van der Waals surface area contributed by atoms with Crippen molar-refractivity contribution >= 4 is 33.4 Å². The molecule has 0 heterocycles. The van der Waals surface area contributed by atoms with Crippen molar-refractivity contribution in [3.8, 4) is 0 Å². The van der Waals surface area contributed by atoms with Crippen LogP contribution >= 0.6 is 27.5 Å². The first-order valence-electron chi connectivity index (χ1n) is 4.79. The van der Waals surface area contributed by atoms with E-state index in [1.165, 1.54) is 0 Å². The van der Waals surface area contributed by atoms with Crippen molar-refractivity contribution in [2.45, 2.75) is 6.92 Å². The minimum atomic E-state index is 0.0496. The Labute approximate surface area is 103 Å². The van der Waals surface area contributed by atoms with E-state index in [-0.39, 0.29) is 5.91 Å². The van der Waals surface area contributed by atoms with Crippen LogP contribution in [0, 0.1) is 0 Å². The number of carbonyl (C=O) groups excluding carboxylic acids is 1. The summed E-state index contributed by atoms with van der Waals surface area (Å²) in [7, 11) is 0. The second-order valence-electron chi connectivity index (χ2n) is 3.08. The normalized spacial score (nSPS) is 10.1. The summed E-state index contributed by atoms with van der Waals surface area (Å²) in [5.74, 6) is 0.0496. The van der Waals surface area contributed by atoms with Gasteiger partial charge in [0.2, 0.25) is 0 Å². The molecule has 1 amide bonds. The number of hydrogen-bond acceptors (Lipinski definition) is 1. The maximum Gasteiger partial charge on any atom is 0.253 e. The van der Waals surface area contributed by atoms with Crippen molar-refractivity contribution in [2.75, 3.05) is 18.4 Å².